The Labute approximate surface area is 180 Å². The van der Waals surface area contributed by atoms with Gasteiger partial charge in [-0.05, 0) is 48.7 Å². The maximum absolute atomic E-state index is 13.5. The van der Waals surface area contributed by atoms with E-state index in [4.69, 9.17) is 4.98 Å². The molecule has 0 atom stereocenters. The number of hydrogen-bond acceptors (Lipinski definition) is 4. The molecule has 0 saturated heterocycles. The smallest absolute Gasteiger partial charge is 0.169 e. The number of hydrogen-bond donors (Lipinski definition) is 0. The van der Waals surface area contributed by atoms with Crippen molar-refractivity contribution in [2.75, 3.05) is 0 Å². The molecular weight excluding hydrogens is 395 g/mol. The van der Waals surface area contributed by atoms with Crippen LogP contribution in [0.2, 0.25) is 0 Å². The minimum atomic E-state index is -0.249. The van der Waals surface area contributed by atoms with Crippen molar-refractivity contribution in [3.8, 4) is 11.3 Å². The summed E-state index contributed by atoms with van der Waals surface area (Å²) in [6.45, 7) is 7.38. The van der Waals surface area contributed by atoms with Crippen LogP contribution in [0.25, 0.3) is 22.3 Å². The summed E-state index contributed by atoms with van der Waals surface area (Å²) in [7, 11) is 0. The van der Waals surface area contributed by atoms with Crippen LogP contribution in [0, 0.1) is 5.82 Å². The highest BCUT2D eigenvalue weighted by molar-refractivity contribution is 7.98. The van der Waals surface area contributed by atoms with Crippen LogP contribution in [0.5, 0.6) is 0 Å². The fourth-order valence-corrected chi connectivity index (χ4v) is 4.73. The zero-order valence-electron chi connectivity index (χ0n) is 17.5. The Balaban J connectivity index is 1.73. The van der Waals surface area contributed by atoms with E-state index >= 15 is 0 Å². The molecule has 154 valence electrons. The van der Waals surface area contributed by atoms with Gasteiger partial charge in [-0.2, -0.15) is 0 Å². The third kappa shape index (κ3) is 4.10. The Morgan fingerprint density at radius 3 is 2.53 bits per heavy atom. The highest BCUT2D eigenvalue weighted by atomic mass is 32.2. The molecule has 4 rings (SSSR count). The van der Waals surface area contributed by atoms with E-state index in [1.807, 2.05) is 6.07 Å². The van der Waals surface area contributed by atoms with Crippen molar-refractivity contribution in [1.29, 1.82) is 0 Å². The summed E-state index contributed by atoms with van der Waals surface area (Å²) in [6.07, 6.45) is 2.65. The monoisotopic (exact) mass is 420 g/mol. The fraction of sp³-hybridized carbons (Fsp3) is 0.292. The molecule has 6 heteroatoms. The lowest BCUT2D eigenvalue weighted by atomic mass is 10.00. The van der Waals surface area contributed by atoms with E-state index in [1.165, 1.54) is 12.1 Å². The number of thioether (sulfide) groups is 1. The molecule has 0 aliphatic carbocycles. The third-order valence-corrected chi connectivity index (χ3v) is 6.06. The number of fused-ring (bicyclic) bond motifs is 1. The molecule has 2 aromatic heterocycles. The molecule has 0 aliphatic rings. The zero-order valence-corrected chi connectivity index (χ0v) is 18.3. The van der Waals surface area contributed by atoms with Gasteiger partial charge in [0, 0.05) is 23.4 Å². The van der Waals surface area contributed by atoms with Gasteiger partial charge >= 0.3 is 0 Å². The second kappa shape index (κ2) is 8.96. The number of aromatic nitrogens is 4. The first-order valence-corrected chi connectivity index (χ1v) is 11.2. The molecule has 4 aromatic rings. The van der Waals surface area contributed by atoms with Crippen molar-refractivity contribution in [2.45, 2.75) is 50.6 Å². The van der Waals surface area contributed by atoms with Crippen molar-refractivity contribution in [2.24, 2.45) is 0 Å². The lowest BCUT2D eigenvalue weighted by molar-refractivity contribution is 0.628. The summed E-state index contributed by atoms with van der Waals surface area (Å²) in [5.41, 5.74) is 6.04. The van der Waals surface area contributed by atoms with Crippen LogP contribution in [-0.4, -0.2) is 19.5 Å². The summed E-state index contributed by atoms with van der Waals surface area (Å²) in [5.74, 6) is 0.715. The first kappa shape index (κ1) is 20.5. The second-order valence-corrected chi connectivity index (χ2v) is 8.51. The van der Waals surface area contributed by atoms with Gasteiger partial charge < -0.3 is 4.57 Å². The first-order chi connectivity index (χ1) is 14.6. The van der Waals surface area contributed by atoms with E-state index in [0.717, 1.165) is 51.7 Å². The number of benzene rings is 2. The lowest BCUT2D eigenvalue weighted by Crippen LogP contribution is -2.05. The minimum absolute atomic E-state index is 0.249. The highest BCUT2D eigenvalue weighted by Crippen LogP contribution is 2.33. The molecule has 0 saturated carbocycles. The average molecular weight is 421 g/mol. The van der Waals surface area contributed by atoms with Gasteiger partial charge in [0.25, 0.3) is 0 Å². The number of aryl methyl sites for hydroxylation is 1. The molecule has 0 radical (unpaired) electrons. The SMILES string of the molecule is CCCn1c(SCc2c(-c3ccc(F)cc3)ncnc2C(C)C)nc2ccccc21. The first-order valence-electron chi connectivity index (χ1n) is 10.3. The molecule has 0 spiro atoms. The molecule has 0 fully saturated rings. The Hall–Kier alpha value is -2.73. The summed E-state index contributed by atoms with van der Waals surface area (Å²) in [6, 6.07) is 14.8. The summed E-state index contributed by atoms with van der Waals surface area (Å²) < 4.78 is 15.7. The molecule has 0 aliphatic heterocycles. The Bertz CT molecular complexity index is 1150. The Morgan fingerprint density at radius 1 is 1.03 bits per heavy atom. The van der Waals surface area contributed by atoms with Crippen molar-refractivity contribution < 1.29 is 4.39 Å². The standard InChI is InChI=1S/C24H25FN4S/c1-4-13-29-21-8-6-5-7-20(21)28-24(29)30-14-19-22(16(2)3)26-15-27-23(19)17-9-11-18(25)12-10-17/h5-12,15-16H,4,13-14H2,1-3H3. The number of rotatable bonds is 7. The summed E-state index contributed by atoms with van der Waals surface area (Å²) >= 11 is 1.71. The van der Waals surface area contributed by atoms with Crippen LogP contribution in [-0.2, 0) is 12.3 Å². The van der Waals surface area contributed by atoms with Gasteiger partial charge in [-0.3, -0.25) is 0 Å². The maximum atomic E-state index is 13.5. The number of nitrogens with zero attached hydrogens (tertiary/aromatic N) is 4. The normalized spacial score (nSPS) is 11.5. The number of halogens is 1. The Morgan fingerprint density at radius 2 is 1.80 bits per heavy atom. The molecule has 0 amide bonds. The van der Waals surface area contributed by atoms with Crippen LogP contribution >= 0.6 is 11.8 Å². The van der Waals surface area contributed by atoms with Gasteiger partial charge in [0.1, 0.15) is 12.1 Å². The van der Waals surface area contributed by atoms with Crippen LogP contribution in [0.4, 0.5) is 4.39 Å². The van der Waals surface area contributed by atoms with Crippen LogP contribution in [0.3, 0.4) is 0 Å². The quantitative estimate of drug-likeness (QED) is 0.322. The molecule has 4 nitrogen and oxygen atoms in total. The second-order valence-electron chi connectivity index (χ2n) is 7.57. The van der Waals surface area contributed by atoms with E-state index in [2.05, 4.69) is 53.5 Å². The van der Waals surface area contributed by atoms with Gasteiger partial charge in [-0.1, -0.05) is 44.7 Å². The maximum Gasteiger partial charge on any atom is 0.169 e. The molecule has 2 heterocycles. The van der Waals surface area contributed by atoms with Crippen molar-refractivity contribution in [3.05, 3.63) is 71.9 Å². The van der Waals surface area contributed by atoms with Gasteiger partial charge in [0.2, 0.25) is 0 Å². The van der Waals surface area contributed by atoms with E-state index < -0.39 is 0 Å². The topological polar surface area (TPSA) is 43.6 Å². The predicted octanol–water partition coefficient (Wildman–Crippen LogP) is 6.46. The predicted molar refractivity (Wildman–Crippen MR) is 121 cm³/mol. The van der Waals surface area contributed by atoms with Gasteiger partial charge in [0.05, 0.1) is 22.4 Å². The van der Waals surface area contributed by atoms with Crippen molar-refractivity contribution >= 4 is 22.8 Å². The van der Waals surface area contributed by atoms with Crippen LogP contribution in [0.1, 0.15) is 44.4 Å². The van der Waals surface area contributed by atoms with Gasteiger partial charge in [-0.25, -0.2) is 19.3 Å². The fourth-order valence-electron chi connectivity index (χ4n) is 3.66. The average Bonchev–Trinajstić information content (AvgIpc) is 3.10. The van der Waals surface area contributed by atoms with E-state index in [9.17, 15) is 4.39 Å². The van der Waals surface area contributed by atoms with Gasteiger partial charge in [-0.15, -0.1) is 0 Å². The minimum Gasteiger partial charge on any atom is -0.319 e. The molecular formula is C24H25FN4S. The van der Waals surface area contributed by atoms with Crippen LogP contribution in [0.15, 0.2) is 60.0 Å². The molecule has 0 bridgehead atoms. The van der Waals surface area contributed by atoms with Crippen molar-refractivity contribution in [3.63, 3.8) is 0 Å². The largest absolute Gasteiger partial charge is 0.319 e. The van der Waals surface area contributed by atoms with Crippen molar-refractivity contribution in [1.82, 2.24) is 19.5 Å². The Kier molecular flexibility index (Phi) is 6.13. The molecule has 0 N–H and O–H groups in total. The van der Waals surface area contributed by atoms with E-state index in [-0.39, 0.29) is 11.7 Å². The molecule has 2 aromatic carbocycles. The lowest BCUT2D eigenvalue weighted by Gasteiger charge is -2.16. The summed E-state index contributed by atoms with van der Waals surface area (Å²) in [5, 5.41) is 1.00. The molecule has 0 unspecified atom stereocenters. The molecule has 30 heavy (non-hydrogen) atoms. The van der Waals surface area contributed by atoms with E-state index in [1.54, 1.807) is 30.2 Å². The number of para-hydroxylation sites is 2. The highest BCUT2D eigenvalue weighted by Gasteiger charge is 2.18. The zero-order chi connectivity index (χ0) is 21.1. The van der Waals surface area contributed by atoms with Gasteiger partial charge in [0.15, 0.2) is 5.16 Å². The third-order valence-electron chi connectivity index (χ3n) is 5.06. The summed E-state index contributed by atoms with van der Waals surface area (Å²) in [4.78, 5) is 14.0. The van der Waals surface area contributed by atoms with E-state index in [0.29, 0.717) is 5.75 Å². The number of imidazole rings is 1. The van der Waals surface area contributed by atoms with Crippen LogP contribution < -0.4 is 0 Å².